The molecule has 12 heteroatoms. The molecule has 6 N–H and O–H groups in total. The second-order valence-corrected chi connectivity index (χ2v) is 14.3. The summed E-state index contributed by atoms with van der Waals surface area (Å²) >= 11 is 0. The number of ether oxygens (including phenoxy) is 2. The van der Waals surface area contributed by atoms with Crippen LogP contribution in [0.25, 0.3) is 22.0 Å². The van der Waals surface area contributed by atoms with Crippen molar-refractivity contribution < 1.29 is 29.3 Å². The number of nitrogens with one attached hydrogen (secondary N) is 4. The first kappa shape index (κ1) is 39.8. The highest BCUT2D eigenvalue weighted by Crippen LogP contribution is 2.30. The molecule has 5 aromatic carbocycles. The topological polar surface area (TPSA) is 165 Å². The first-order chi connectivity index (χ1) is 28.3. The third-order valence-electron chi connectivity index (χ3n) is 10.2. The van der Waals surface area contributed by atoms with Gasteiger partial charge in [-0.3, -0.25) is 14.9 Å². The zero-order chi connectivity index (χ0) is 40.3. The van der Waals surface area contributed by atoms with Crippen molar-refractivity contribution in [1.29, 1.82) is 0 Å². The van der Waals surface area contributed by atoms with Gasteiger partial charge in [0.15, 0.2) is 6.61 Å². The lowest BCUT2D eigenvalue weighted by Gasteiger charge is -2.31. The highest BCUT2D eigenvalue weighted by atomic mass is 16.6. The maximum atomic E-state index is 12.8. The van der Waals surface area contributed by atoms with Gasteiger partial charge in [-0.25, -0.2) is 4.79 Å². The molecular formula is C46H47N5O7. The van der Waals surface area contributed by atoms with Crippen LogP contribution < -0.4 is 26.2 Å². The van der Waals surface area contributed by atoms with Gasteiger partial charge in [-0.15, -0.1) is 0 Å². The molecule has 1 aliphatic heterocycles. The van der Waals surface area contributed by atoms with Gasteiger partial charge in [0.1, 0.15) is 17.6 Å². The monoisotopic (exact) mass is 781 g/mol. The van der Waals surface area contributed by atoms with E-state index in [-0.39, 0.29) is 36.5 Å². The Morgan fingerprint density at radius 1 is 0.810 bits per heavy atom. The van der Waals surface area contributed by atoms with E-state index in [0.717, 1.165) is 61.3 Å². The minimum Gasteiger partial charge on any atom is -0.506 e. The lowest BCUT2D eigenvalue weighted by atomic mass is 10.0. The number of hydrogen-bond donors (Lipinski definition) is 6. The van der Waals surface area contributed by atoms with E-state index < -0.39 is 12.2 Å². The van der Waals surface area contributed by atoms with Crippen molar-refractivity contribution in [3.63, 3.8) is 0 Å². The number of aliphatic hydroxyl groups is 1. The molecule has 1 fully saturated rings. The van der Waals surface area contributed by atoms with Crippen LogP contribution in [0.5, 0.6) is 11.5 Å². The molecule has 1 atom stereocenters. The number of amides is 2. The van der Waals surface area contributed by atoms with E-state index in [1.165, 1.54) is 17.7 Å². The third-order valence-corrected chi connectivity index (χ3v) is 10.2. The number of aromatic nitrogens is 1. The Morgan fingerprint density at radius 2 is 1.53 bits per heavy atom. The molecule has 0 spiro atoms. The predicted molar refractivity (Wildman–Crippen MR) is 225 cm³/mol. The van der Waals surface area contributed by atoms with Gasteiger partial charge >= 0.3 is 6.09 Å². The highest BCUT2D eigenvalue weighted by Gasteiger charge is 2.23. The van der Waals surface area contributed by atoms with Crippen molar-refractivity contribution in [2.45, 2.75) is 38.0 Å². The number of fused-ring (bicyclic) bond motifs is 1. The lowest BCUT2D eigenvalue weighted by molar-refractivity contribution is -0.118. The number of rotatable bonds is 15. The fourth-order valence-corrected chi connectivity index (χ4v) is 7.11. The number of phenolic OH excluding ortho intramolecular Hbond substituents is 1. The van der Waals surface area contributed by atoms with Gasteiger partial charge in [0.25, 0.3) is 5.91 Å². The number of pyridine rings is 1. The number of anilines is 2. The van der Waals surface area contributed by atoms with Crippen molar-refractivity contribution in [2.24, 2.45) is 0 Å². The Labute approximate surface area is 336 Å². The van der Waals surface area contributed by atoms with Gasteiger partial charge in [-0.2, -0.15) is 0 Å². The summed E-state index contributed by atoms with van der Waals surface area (Å²) in [5, 5.41) is 30.5. The molecule has 1 aromatic heterocycles. The van der Waals surface area contributed by atoms with E-state index in [0.29, 0.717) is 34.4 Å². The molecule has 0 aliphatic carbocycles. The van der Waals surface area contributed by atoms with Gasteiger partial charge in [0.05, 0.1) is 17.3 Å². The molecule has 6 aromatic rings. The van der Waals surface area contributed by atoms with Crippen LogP contribution in [0, 0.1) is 0 Å². The Balaban J connectivity index is 0.775. The molecule has 1 unspecified atom stereocenters. The highest BCUT2D eigenvalue weighted by molar-refractivity contribution is 5.92. The number of H-pyrrole nitrogens is 1. The second-order valence-electron chi connectivity index (χ2n) is 14.3. The number of phenols is 1. The third kappa shape index (κ3) is 10.7. The number of piperidine rings is 1. The number of nitrogens with zero attached hydrogens (tertiary/aromatic N) is 1. The number of benzene rings is 5. The molecule has 0 bridgehead atoms. The number of aliphatic hydroxyl groups excluding tert-OH is 1. The summed E-state index contributed by atoms with van der Waals surface area (Å²) < 4.78 is 11.5. The van der Waals surface area contributed by atoms with Crippen LogP contribution >= 0.6 is 0 Å². The quantitative estimate of drug-likeness (QED) is 0.0644. The number of carbonyl (C=O) groups is 2. The molecule has 7 rings (SSSR count). The van der Waals surface area contributed by atoms with E-state index in [9.17, 15) is 24.6 Å². The molecule has 12 nitrogen and oxygen atoms in total. The average Bonchev–Trinajstić information content (AvgIpc) is 3.24. The molecule has 2 amide bonds. The number of carbonyl (C=O) groups excluding carboxylic acids is 2. The minimum atomic E-state index is -0.861. The molecule has 0 saturated carbocycles. The number of likely N-dealkylation sites (tertiary alicyclic amines) is 1. The smallest absolute Gasteiger partial charge is 0.411 e. The first-order valence-corrected chi connectivity index (χ1v) is 19.5. The summed E-state index contributed by atoms with van der Waals surface area (Å²) in [6.45, 7) is 3.19. The largest absolute Gasteiger partial charge is 0.506 e. The van der Waals surface area contributed by atoms with E-state index >= 15 is 0 Å². The van der Waals surface area contributed by atoms with Crippen molar-refractivity contribution in [3.8, 4) is 22.6 Å². The normalized spacial score (nSPS) is 13.8. The first-order valence-electron chi connectivity index (χ1n) is 19.5. The van der Waals surface area contributed by atoms with Crippen LogP contribution in [0.4, 0.5) is 16.2 Å². The summed E-state index contributed by atoms with van der Waals surface area (Å²) in [5.74, 6) is 0.236. The average molecular weight is 782 g/mol. The summed E-state index contributed by atoms with van der Waals surface area (Å²) in [6.07, 6.45) is 1.00. The SMILES string of the molecule is O=C(COc1ccc(CNCC(O)c2ccc(O)c3[nH]c(=O)ccc23)cc1)Nc1ccc(CCN2CCC(OC(=O)Nc3ccccc3-c3ccccc3)CC2)cc1. The van der Waals surface area contributed by atoms with E-state index in [4.69, 9.17) is 9.47 Å². The van der Waals surface area contributed by atoms with Gasteiger partial charge in [-0.05, 0) is 84.0 Å². The molecule has 1 aliphatic rings. The van der Waals surface area contributed by atoms with Crippen LogP contribution in [-0.4, -0.2) is 71.0 Å². The number of aromatic amines is 1. The maximum absolute atomic E-state index is 12.8. The van der Waals surface area contributed by atoms with Crippen LogP contribution in [-0.2, 0) is 22.5 Å². The van der Waals surface area contributed by atoms with Crippen molar-refractivity contribution >= 4 is 34.3 Å². The summed E-state index contributed by atoms with van der Waals surface area (Å²) in [6, 6.07) is 38.9. The van der Waals surface area contributed by atoms with Crippen molar-refractivity contribution in [3.05, 3.63) is 154 Å². The molecule has 1 saturated heterocycles. The van der Waals surface area contributed by atoms with Gasteiger partial charge < -0.3 is 40.2 Å². The molecule has 2 heterocycles. The zero-order valence-electron chi connectivity index (χ0n) is 32.0. The zero-order valence-corrected chi connectivity index (χ0v) is 32.0. The number of hydrogen-bond acceptors (Lipinski definition) is 9. The summed E-state index contributed by atoms with van der Waals surface area (Å²) in [4.78, 5) is 42.1. The van der Waals surface area contributed by atoms with Crippen LogP contribution in [0.3, 0.4) is 0 Å². The van der Waals surface area contributed by atoms with E-state index in [1.54, 1.807) is 24.3 Å². The molecule has 58 heavy (non-hydrogen) atoms. The van der Waals surface area contributed by atoms with E-state index in [2.05, 4.69) is 25.8 Å². The molecule has 0 radical (unpaired) electrons. The summed E-state index contributed by atoms with van der Waals surface area (Å²) in [7, 11) is 0. The summed E-state index contributed by atoms with van der Waals surface area (Å²) in [5.41, 5.74) is 6.08. The standard InChI is InChI=1S/C46H47N5O7/c52-41-20-18-38(39-19-21-43(54)50-45(39)41)42(53)29-47-28-32-12-16-35(17-13-32)57-30-44(55)48-34-14-10-31(11-15-34)22-25-51-26-23-36(24-27-51)58-46(56)49-40-9-5-4-8-37(40)33-6-2-1-3-7-33/h1-21,36,42,47,52-53H,22-30H2,(H,48,55)(H,49,56)(H,50,54). The van der Waals surface area contributed by atoms with E-state index in [1.807, 2.05) is 91.0 Å². The van der Waals surface area contributed by atoms with Crippen LogP contribution in [0.15, 0.2) is 132 Å². The lowest BCUT2D eigenvalue weighted by Crippen LogP contribution is -2.39. The Kier molecular flexibility index (Phi) is 13.1. The number of aromatic hydroxyl groups is 1. The van der Waals surface area contributed by atoms with Crippen molar-refractivity contribution in [2.75, 3.05) is 43.4 Å². The second kappa shape index (κ2) is 19.1. The van der Waals surface area contributed by atoms with Gasteiger partial charge in [-0.1, -0.05) is 78.9 Å². The maximum Gasteiger partial charge on any atom is 0.411 e. The molecular weight excluding hydrogens is 735 g/mol. The van der Waals surface area contributed by atoms with Gasteiger partial charge in [0.2, 0.25) is 5.56 Å². The molecule has 298 valence electrons. The van der Waals surface area contributed by atoms with Crippen LogP contribution in [0.2, 0.25) is 0 Å². The number of para-hydroxylation sites is 1. The van der Waals surface area contributed by atoms with Crippen LogP contribution in [0.1, 0.15) is 35.6 Å². The predicted octanol–water partition coefficient (Wildman–Crippen LogP) is 7.00. The Hall–Kier alpha value is -6.47. The Morgan fingerprint density at radius 3 is 2.31 bits per heavy atom. The van der Waals surface area contributed by atoms with Gasteiger partial charge in [0, 0.05) is 55.4 Å². The fourth-order valence-electron chi connectivity index (χ4n) is 7.11. The van der Waals surface area contributed by atoms with Crippen molar-refractivity contribution in [1.82, 2.24) is 15.2 Å². The minimum absolute atomic E-state index is 0.0550. The fraction of sp³-hybridized carbons (Fsp3) is 0.239. The Bertz CT molecular complexity index is 2360.